The molecule has 0 unspecified atom stereocenters. The van der Waals surface area contributed by atoms with Gasteiger partial charge < -0.3 is 8.83 Å². The van der Waals surface area contributed by atoms with E-state index in [9.17, 15) is 0 Å². The predicted octanol–water partition coefficient (Wildman–Crippen LogP) is 7.87. The van der Waals surface area contributed by atoms with E-state index in [-0.39, 0.29) is 0 Å². The van der Waals surface area contributed by atoms with E-state index < -0.39 is 0 Å². The largest absolute Gasteiger partial charge is 0.455 e. The fourth-order valence-electron chi connectivity index (χ4n) is 3.07. The van der Waals surface area contributed by atoms with Gasteiger partial charge in [0.05, 0.1) is 11.9 Å². The summed E-state index contributed by atoms with van der Waals surface area (Å²) in [5.41, 5.74) is 4.27. The van der Waals surface area contributed by atoms with Crippen LogP contribution >= 0.6 is 38.5 Å². The Morgan fingerprint density at radius 1 is 0.867 bits per heavy atom. The van der Waals surface area contributed by atoms with Gasteiger partial charge in [-0.2, -0.15) is 0 Å². The molecule has 0 aliphatic rings. The first-order chi connectivity index (χ1) is 14.6. The summed E-state index contributed by atoms with van der Waals surface area (Å²) < 4.78 is 14.0. The number of oxazole rings is 1. The second-order valence-corrected chi connectivity index (χ2v) is 8.81. The van der Waals surface area contributed by atoms with Gasteiger partial charge in [-0.3, -0.25) is 4.99 Å². The number of hydrogen-bond acceptors (Lipinski definition) is 4. The molecule has 0 atom stereocenters. The molecular weight excluding hydrogens is 555 g/mol. The Kier molecular flexibility index (Phi) is 5.26. The van der Waals surface area contributed by atoms with Crippen molar-refractivity contribution in [3.63, 3.8) is 0 Å². The highest BCUT2D eigenvalue weighted by Crippen LogP contribution is 2.28. The maximum Gasteiger partial charge on any atom is 0.227 e. The Balaban J connectivity index is 1.39. The second kappa shape index (κ2) is 8.20. The molecule has 4 nitrogen and oxygen atoms in total. The molecule has 0 aliphatic carbocycles. The standard InChI is InChI=1S/C24H14BrIN2O2/c25-17-6-4-15(5-7-17)22-11-9-20(29-22)14-27-19-8-10-23-21(13-19)28-24(30-23)16-2-1-3-18(26)12-16/h1-14H. The van der Waals surface area contributed by atoms with Crippen LogP contribution in [0.15, 0.2) is 97.2 Å². The minimum absolute atomic E-state index is 0.606. The lowest BCUT2D eigenvalue weighted by molar-refractivity contribution is 0.575. The number of fused-ring (bicyclic) bond motifs is 1. The fraction of sp³-hybridized carbons (Fsp3) is 0. The monoisotopic (exact) mass is 568 g/mol. The SMILES string of the molecule is Brc1ccc(-c2ccc(C=Nc3ccc4oc(-c5cccc(I)c5)nc4c3)o2)cc1. The molecule has 0 bridgehead atoms. The van der Waals surface area contributed by atoms with Crippen LogP contribution in [0, 0.1) is 3.57 Å². The van der Waals surface area contributed by atoms with Gasteiger partial charge >= 0.3 is 0 Å². The van der Waals surface area contributed by atoms with Crippen LogP contribution in [0.1, 0.15) is 5.76 Å². The fourth-order valence-corrected chi connectivity index (χ4v) is 3.88. The van der Waals surface area contributed by atoms with Crippen molar-refractivity contribution in [3.8, 4) is 22.8 Å². The zero-order valence-corrected chi connectivity index (χ0v) is 19.3. The van der Waals surface area contributed by atoms with E-state index in [4.69, 9.17) is 8.83 Å². The molecule has 146 valence electrons. The molecular formula is C24H14BrIN2O2. The topological polar surface area (TPSA) is 51.5 Å². The summed E-state index contributed by atoms with van der Waals surface area (Å²) in [6, 6.07) is 25.6. The summed E-state index contributed by atoms with van der Waals surface area (Å²) in [6.07, 6.45) is 1.71. The molecule has 0 fully saturated rings. The van der Waals surface area contributed by atoms with Gasteiger partial charge in [0, 0.05) is 19.2 Å². The summed E-state index contributed by atoms with van der Waals surface area (Å²) in [5, 5.41) is 0. The number of rotatable bonds is 4. The van der Waals surface area contributed by atoms with Crippen LogP contribution in [0.5, 0.6) is 0 Å². The molecule has 0 radical (unpaired) electrons. The number of hydrogen-bond donors (Lipinski definition) is 0. The Labute approximate surface area is 194 Å². The molecule has 0 amide bonds. The highest BCUT2D eigenvalue weighted by atomic mass is 127. The van der Waals surface area contributed by atoms with E-state index in [1.54, 1.807) is 6.21 Å². The lowest BCUT2D eigenvalue weighted by atomic mass is 10.2. The van der Waals surface area contributed by atoms with Gasteiger partial charge in [-0.1, -0.05) is 34.1 Å². The quantitative estimate of drug-likeness (QED) is 0.164. The Morgan fingerprint density at radius 2 is 1.73 bits per heavy atom. The van der Waals surface area contributed by atoms with E-state index in [1.807, 2.05) is 78.9 Å². The van der Waals surface area contributed by atoms with Crippen molar-refractivity contribution in [3.05, 3.63) is 92.7 Å². The third-order valence-electron chi connectivity index (χ3n) is 4.54. The van der Waals surface area contributed by atoms with Crippen molar-refractivity contribution in [2.24, 2.45) is 4.99 Å². The normalized spacial score (nSPS) is 11.5. The van der Waals surface area contributed by atoms with Crippen molar-refractivity contribution in [1.82, 2.24) is 4.98 Å². The second-order valence-electron chi connectivity index (χ2n) is 6.65. The number of aliphatic imine (C=N–C) groups is 1. The van der Waals surface area contributed by atoms with E-state index in [1.165, 1.54) is 0 Å². The molecule has 2 aromatic heterocycles. The van der Waals surface area contributed by atoms with Crippen LogP contribution in [0.3, 0.4) is 0 Å². The maximum absolute atomic E-state index is 5.90. The highest BCUT2D eigenvalue weighted by molar-refractivity contribution is 14.1. The smallest absolute Gasteiger partial charge is 0.227 e. The summed E-state index contributed by atoms with van der Waals surface area (Å²) in [6.45, 7) is 0. The molecule has 0 saturated carbocycles. The summed E-state index contributed by atoms with van der Waals surface area (Å²) >= 11 is 5.72. The van der Waals surface area contributed by atoms with Gasteiger partial charge in [-0.25, -0.2) is 4.98 Å². The molecule has 5 aromatic rings. The van der Waals surface area contributed by atoms with Crippen LogP contribution in [-0.2, 0) is 0 Å². The van der Waals surface area contributed by atoms with Crippen molar-refractivity contribution >= 4 is 61.5 Å². The van der Waals surface area contributed by atoms with E-state index >= 15 is 0 Å². The third-order valence-corrected chi connectivity index (χ3v) is 5.74. The number of furan rings is 1. The number of halogens is 2. The average Bonchev–Trinajstić information content (AvgIpc) is 3.39. The first-order valence-corrected chi connectivity index (χ1v) is 11.1. The van der Waals surface area contributed by atoms with Crippen molar-refractivity contribution in [1.29, 1.82) is 0 Å². The number of aromatic nitrogens is 1. The zero-order chi connectivity index (χ0) is 20.5. The Morgan fingerprint density at radius 3 is 2.57 bits per heavy atom. The first-order valence-electron chi connectivity index (χ1n) is 9.20. The average molecular weight is 569 g/mol. The maximum atomic E-state index is 5.90. The molecule has 5 rings (SSSR count). The lowest BCUT2D eigenvalue weighted by Gasteiger charge is -1.96. The number of nitrogens with zero attached hydrogens (tertiary/aromatic N) is 2. The molecule has 0 aliphatic heterocycles. The van der Waals surface area contributed by atoms with Crippen LogP contribution in [0.2, 0.25) is 0 Å². The third kappa shape index (κ3) is 4.11. The van der Waals surface area contributed by atoms with Gasteiger partial charge in [-0.05, 0) is 83.3 Å². The van der Waals surface area contributed by atoms with E-state index in [2.05, 4.69) is 48.5 Å². The molecule has 0 spiro atoms. The number of benzene rings is 3. The molecule has 2 heterocycles. The molecule has 6 heteroatoms. The molecule has 0 N–H and O–H groups in total. The zero-order valence-electron chi connectivity index (χ0n) is 15.5. The van der Waals surface area contributed by atoms with Crippen LogP contribution in [-0.4, -0.2) is 11.2 Å². The Bertz CT molecular complexity index is 1370. The van der Waals surface area contributed by atoms with Crippen LogP contribution in [0.25, 0.3) is 33.9 Å². The van der Waals surface area contributed by atoms with Crippen LogP contribution in [0.4, 0.5) is 5.69 Å². The van der Waals surface area contributed by atoms with Crippen molar-refractivity contribution in [2.75, 3.05) is 0 Å². The summed E-state index contributed by atoms with van der Waals surface area (Å²) in [5.74, 6) is 2.10. The van der Waals surface area contributed by atoms with Gasteiger partial charge in [0.1, 0.15) is 17.0 Å². The van der Waals surface area contributed by atoms with Gasteiger partial charge in [0.15, 0.2) is 5.58 Å². The van der Waals surface area contributed by atoms with E-state index in [0.29, 0.717) is 11.7 Å². The van der Waals surface area contributed by atoms with Crippen molar-refractivity contribution < 1.29 is 8.83 Å². The first kappa shape index (κ1) is 19.3. The van der Waals surface area contributed by atoms with Gasteiger partial charge in [0.25, 0.3) is 0 Å². The van der Waals surface area contributed by atoms with Gasteiger partial charge in [-0.15, -0.1) is 0 Å². The summed E-state index contributed by atoms with van der Waals surface area (Å²) in [4.78, 5) is 9.15. The summed E-state index contributed by atoms with van der Waals surface area (Å²) in [7, 11) is 0. The highest BCUT2D eigenvalue weighted by Gasteiger charge is 2.09. The van der Waals surface area contributed by atoms with Gasteiger partial charge in [0.2, 0.25) is 5.89 Å². The minimum Gasteiger partial charge on any atom is -0.455 e. The Hall–Kier alpha value is -2.71. The molecule has 0 saturated heterocycles. The lowest BCUT2D eigenvalue weighted by Crippen LogP contribution is -1.78. The van der Waals surface area contributed by atoms with Crippen molar-refractivity contribution in [2.45, 2.75) is 0 Å². The van der Waals surface area contributed by atoms with E-state index in [0.717, 1.165) is 41.7 Å². The molecule has 30 heavy (non-hydrogen) atoms. The molecule has 3 aromatic carbocycles. The van der Waals surface area contributed by atoms with Crippen LogP contribution < -0.4 is 0 Å². The predicted molar refractivity (Wildman–Crippen MR) is 131 cm³/mol. The minimum atomic E-state index is 0.606.